The molecule has 0 bridgehead atoms. The average molecular weight is 259 g/mol. The van der Waals surface area contributed by atoms with Gasteiger partial charge in [-0.1, -0.05) is 36.3 Å². The fourth-order valence-electron chi connectivity index (χ4n) is 1.44. The smallest absolute Gasteiger partial charge is 0.0760 e. The number of rotatable bonds is 4. The second kappa shape index (κ2) is 5.92. The monoisotopic (exact) mass is 259 g/mol. The van der Waals surface area contributed by atoms with Crippen LogP contribution in [0.2, 0.25) is 0 Å². The van der Waals surface area contributed by atoms with Gasteiger partial charge in [0.05, 0.1) is 10.8 Å². The molecule has 0 spiro atoms. The lowest BCUT2D eigenvalue weighted by atomic mass is 10.2. The number of benzene rings is 1. The van der Waals surface area contributed by atoms with E-state index in [2.05, 4.69) is 46.6 Å². The van der Waals surface area contributed by atoms with E-state index in [-0.39, 0.29) is 0 Å². The first-order valence-electron chi connectivity index (χ1n) is 5.27. The lowest BCUT2D eigenvalue weighted by Gasteiger charge is -2.09. The molecule has 3 heteroatoms. The highest BCUT2D eigenvalue weighted by Crippen LogP contribution is 2.34. The zero-order valence-corrected chi connectivity index (χ0v) is 11.2. The Kier molecular flexibility index (Phi) is 4.27. The summed E-state index contributed by atoms with van der Waals surface area (Å²) in [7, 11) is 2.01. The van der Waals surface area contributed by atoms with E-state index >= 15 is 0 Å². The predicted molar refractivity (Wildman–Crippen MR) is 77.1 cm³/mol. The summed E-state index contributed by atoms with van der Waals surface area (Å²) in [5.41, 5.74) is 1.27. The topological polar surface area (TPSA) is 3.24 Å². The molecule has 17 heavy (non-hydrogen) atoms. The van der Waals surface area contributed by atoms with Crippen molar-refractivity contribution in [2.24, 2.45) is 0 Å². The molecular weight excluding hydrogens is 246 g/mol. The van der Waals surface area contributed by atoms with Crippen LogP contribution in [0.25, 0.3) is 10.4 Å². The maximum atomic E-state index is 5.28. The molecule has 0 aliphatic heterocycles. The fourth-order valence-corrected chi connectivity index (χ4v) is 3.56. The first-order chi connectivity index (χ1) is 8.29. The number of hydrogen-bond donors (Lipinski definition) is 0. The van der Waals surface area contributed by atoms with Crippen molar-refractivity contribution < 1.29 is 0 Å². The summed E-state index contributed by atoms with van der Waals surface area (Å²) in [6.45, 7) is 0.656. The molecule has 1 heterocycles. The standard InChI is InChI=1S/C14H13NS2/c1-3-11-15(2)17-14-10-9-13(16-14)12-7-5-4-6-8-12/h1,4-10H,11H2,2H3. The van der Waals surface area contributed by atoms with E-state index in [1.54, 1.807) is 23.3 Å². The molecular formula is C14H13NS2. The normalized spacial score (nSPS) is 10.4. The van der Waals surface area contributed by atoms with Crippen molar-refractivity contribution in [3.8, 4) is 22.8 Å². The molecule has 0 aliphatic carbocycles. The van der Waals surface area contributed by atoms with Gasteiger partial charge in [-0.2, -0.15) is 0 Å². The maximum absolute atomic E-state index is 5.28. The highest BCUT2D eigenvalue weighted by Gasteiger charge is 2.05. The van der Waals surface area contributed by atoms with Crippen LogP contribution in [0.1, 0.15) is 0 Å². The second-order valence-electron chi connectivity index (χ2n) is 3.57. The van der Waals surface area contributed by atoms with Crippen LogP contribution >= 0.6 is 23.3 Å². The zero-order valence-electron chi connectivity index (χ0n) is 9.59. The molecule has 0 amide bonds. The van der Waals surface area contributed by atoms with Crippen molar-refractivity contribution in [1.29, 1.82) is 0 Å². The van der Waals surface area contributed by atoms with E-state index < -0.39 is 0 Å². The molecule has 0 radical (unpaired) electrons. The second-order valence-corrected chi connectivity index (χ2v) is 6.15. The van der Waals surface area contributed by atoms with Gasteiger partial charge in [-0.25, -0.2) is 4.31 Å². The molecule has 0 fully saturated rings. The van der Waals surface area contributed by atoms with Crippen molar-refractivity contribution >= 4 is 23.3 Å². The van der Waals surface area contributed by atoms with E-state index in [0.717, 1.165) is 0 Å². The Balaban J connectivity index is 2.09. The van der Waals surface area contributed by atoms with Crippen LogP contribution in [0.15, 0.2) is 46.7 Å². The Hall–Kier alpha value is -1.21. The molecule has 2 aromatic rings. The van der Waals surface area contributed by atoms with Gasteiger partial charge in [0.1, 0.15) is 0 Å². The third-order valence-corrected chi connectivity index (χ3v) is 4.36. The summed E-state index contributed by atoms with van der Waals surface area (Å²) in [5, 5.41) is 0. The minimum Gasteiger partial charge on any atom is -0.237 e. The molecule has 0 unspecified atom stereocenters. The van der Waals surface area contributed by atoms with Crippen molar-refractivity contribution in [2.45, 2.75) is 4.21 Å². The molecule has 86 valence electrons. The van der Waals surface area contributed by atoms with Crippen LogP contribution < -0.4 is 0 Å². The van der Waals surface area contributed by atoms with E-state index in [1.165, 1.54) is 14.6 Å². The average Bonchev–Trinajstić information content (AvgIpc) is 2.79. The highest BCUT2D eigenvalue weighted by atomic mass is 32.2. The van der Waals surface area contributed by atoms with E-state index in [1.807, 2.05) is 13.1 Å². The Bertz CT molecular complexity index is 511. The maximum Gasteiger partial charge on any atom is 0.0760 e. The van der Waals surface area contributed by atoms with Crippen LogP contribution in [0.5, 0.6) is 0 Å². The molecule has 1 nitrogen and oxygen atoms in total. The summed E-state index contributed by atoms with van der Waals surface area (Å²) in [5.74, 6) is 2.64. The number of thiophene rings is 1. The Morgan fingerprint density at radius 1 is 1.24 bits per heavy atom. The minimum absolute atomic E-state index is 0.656. The summed E-state index contributed by atoms with van der Waals surface area (Å²) in [6, 6.07) is 14.7. The SMILES string of the molecule is C#CCN(C)Sc1ccc(-c2ccccc2)s1. The van der Waals surface area contributed by atoms with Crippen LogP contribution in [-0.4, -0.2) is 17.9 Å². The van der Waals surface area contributed by atoms with Gasteiger partial charge in [-0.15, -0.1) is 17.8 Å². The van der Waals surface area contributed by atoms with Gasteiger partial charge in [0, 0.05) is 4.88 Å². The molecule has 1 aromatic carbocycles. The van der Waals surface area contributed by atoms with Gasteiger partial charge >= 0.3 is 0 Å². The van der Waals surface area contributed by atoms with Crippen LogP contribution in [0.4, 0.5) is 0 Å². The van der Waals surface area contributed by atoms with Crippen molar-refractivity contribution in [3.63, 3.8) is 0 Å². The molecule has 2 rings (SSSR count). The van der Waals surface area contributed by atoms with Crippen LogP contribution in [0, 0.1) is 12.3 Å². The molecule has 0 N–H and O–H groups in total. The summed E-state index contributed by atoms with van der Waals surface area (Å²) < 4.78 is 3.32. The Morgan fingerprint density at radius 3 is 2.71 bits per heavy atom. The number of hydrogen-bond acceptors (Lipinski definition) is 3. The quantitative estimate of drug-likeness (QED) is 0.603. The number of nitrogens with zero attached hydrogens (tertiary/aromatic N) is 1. The summed E-state index contributed by atoms with van der Waals surface area (Å²) >= 11 is 3.49. The summed E-state index contributed by atoms with van der Waals surface area (Å²) in [6.07, 6.45) is 5.28. The van der Waals surface area contributed by atoms with Crippen molar-refractivity contribution in [3.05, 3.63) is 42.5 Å². The van der Waals surface area contributed by atoms with Crippen molar-refractivity contribution in [1.82, 2.24) is 4.31 Å². The first-order valence-corrected chi connectivity index (χ1v) is 6.86. The third kappa shape index (κ3) is 3.37. The Labute approximate surface area is 111 Å². The molecule has 0 aliphatic rings. The zero-order chi connectivity index (χ0) is 12.1. The predicted octanol–water partition coefficient (Wildman–Crippen LogP) is 3.99. The minimum atomic E-state index is 0.656. The lowest BCUT2D eigenvalue weighted by Crippen LogP contribution is -2.07. The molecule has 1 aromatic heterocycles. The van der Waals surface area contributed by atoms with E-state index in [0.29, 0.717) is 6.54 Å². The molecule has 0 saturated heterocycles. The van der Waals surface area contributed by atoms with E-state index in [4.69, 9.17) is 6.42 Å². The van der Waals surface area contributed by atoms with Crippen LogP contribution in [-0.2, 0) is 0 Å². The molecule has 0 saturated carbocycles. The first kappa shape index (κ1) is 12.3. The Morgan fingerprint density at radius 2 is 2.00 bits per heavy atom. The lowest BCUT2D eigenvalue weighted by molar-refractivity contribution is 0.648. The van der Waals surface area contributed by atoms with Gasteiger partial charge < -0.3 is 0 Å². The highest BCUT2D eigenvalue weighted by molar-refractivity contribution is 7.99. The van der Waals surface area contributed by atoms with Gasteiger partial charge in [0.15, 0.2) is 0 Å². The van der Waals surface area contributed by atoms with Gasteiger partial charge in [0.2, 0.25) is 0 Å². The molecule has 0 atom stereocenters. The van der Waals surface area contributed by atoms with E-state index in [9.17, 15) is 0 Å². The van der Waals surface area contributed by atoms with Gasteiger partial charge in [-0.05, 0) is 36.7 Å². The van der Waals surface area contributed by atoms with Gasteiger partial charge in [0.25, 0.3) is 0 Å². The summed E-state index contributed by atoms with van der Waals surface area (Å²) in [4.78, 5) is 1.29. The largest absolute Gasteiger partial charge is 0.237 e. The fraction of sp³-hybridized carbons (Fsp3) is 0.143. The van der Waals surface area contributed by atoms with Crippen molar-refractivity contribution in [2.75, 3.05) is 13.6 Å². The number of terminal acetylenes is 1. The third-order valence-electron chi connectivity index (χ3n) is 2.20. The van der Waals surface area contributed by atoms with Crippen LogP contribution in [0.3, 0.4) is 0 Å². The van der Waals surface area contributed by atoms with Gasteiger partial charge in [-0.3, -0.25) is 0 Å².